The summed E-state index contributed by atoms with van der Waals surface area (Å²) in [6.07, 6.45) is 0. The number of nitrogens with zero attached hydrogens (tertiary/aromatic N) is 2. The smallest absolute Gasteiger partial charge is 0.188 e. The molecule has 2 aromatic heterocycles. The number of rotatable bonds is 2. The van der Waals surface area contributed by atoms with E-state index >= 15 is 0 Å². The molecule has 0 aliphatic carbocycles. The minimum absolute atomic E-state index is 0.00883. The zero-order valence-corrected chi connectivity index (χ0v) is 10.8. The first-order valence-corrected chi connectivity index (χ1v) is 6.40. The fraction of sp³-hybridized carbons (Fsp3) is 0.154. The molecule has 5 heteroatoms. The highest BCUT2D eigenvalue weighted by Crippen LogP contribution is 2.29. The standard InChI is InChI=1S/C13H11N3OS/c1-7-11(18-13(14-7)8(2)17)12-15-9-5-3-4-6-10(9)16-12/h3-6H,1-2H3,(H,15,16). The number of aromatic amines is 1. The molecule has 1 N–H and O–H groups in total. The molecule has 2 heterocycles. The Hall–Kier alpha value is -2.01. The van der Waals surface area contributed by atoms with E-state index in [4.69, 9.17) is 0 Å². The number of carbonyl (C=O) groups excluding carboxylic acids is 1. The molecule has 0 aliphatic rings. The molecule has 0 spiro atoms. The van der Waals surface area contributed by atoms with Gasteiger partial charge in [0.25, 0.3) is 0 Å². The molecule has 0 aliphatic heterocycles. The number of hydrogen-bond acceptors (Lipinski definition) is 4. The van der Waals surface area contributed by atoms with E-state index in [-0.39, 0.29) is 5.78 Å². The number of hydrogen-bond donors (Lipinski definition) is 1. The van der Waals surface area contributed by atoms with Crippen LogP contribution in [0.1, 0.15) is 22.4 Å². The predicted octanol–water partition coefficient (Wildman–Crippen LogP) is 3.20. The second-order valence-electron chi connectivity index (χ2n) is 4.09. The Balaban J connectivity index is 2.16. The van der Waals surface area contributed by atoms with Gasteiger partial charge in [0.05, 0.1) is 21.6 Å². The summed E-state index contributed by atoms with van der Waals surface area (Å²) in [5.41, 5.74) is 2.75. The molecule has 0 radical (unpaired) electrons. The molecule has 3 aromatic rings. The third kappa shape index (κ3) is 1.73. The van der Waals surface area contributed by atoms with Crippen LogP contribution < -0.4 is 0 Å². The third-order valence-corrected chi connectivity index (χ3v) is 3.97. The van der Waals surface area contributed by atoms with Crippen LogP contribution in [-0.4, -0.2) is 20.7 Å². The van der Waals surface area contributed by atoms with Gasteiger partial charge in [-0.2, -0.15) is 0 Å². The summed E-state index contributed by atoms with van der Waals surface area (Å²) in [6, 6.07) is 7.85. The van der Waals surface area contributed by atoms with Crippen LogP contribution in [0.3, 0.4) is 0 Å². The zero-order valence-electron chi connectivity index (χ0n) is 10.0. The van der Waals surface area contributed by atoms with Gasteiger partial charge in [0.2, 0.25) is 0 Å². The van der Waals surface area contributed by atoms with Crippen LogP contribution in [0.25, 0.3) is 21.7 Å². The molecule has 0 atom stereocenters. The van der Waals surface area contributed by atoms with E-state index in [0.717, 1.165) is 27.4 Å². The molecular weight excluding hydrogens is 246 g/mol. The van der Waals surface area contributed by atoms with Crippen LogP contribution >= 0.6 is 11.3 Å². The molecular formula is C13H11N3OS. The lowest BCUT2D eigenvalue weighted by molar-refractivity contribution is 0.101. The quantitative estimate of drug-likeness (QED) is 0.717. The van der Waals surface area contributed by atoms with Gasteiger partial charge in [0.15, 0.2) is 16.6 Å². The summed E-state index contributed by atoms with van der Waals surface area (Å²) in [5, 5.41) is 0.531. The van der Waals surface area contributed by atoms with E-state index in [1.165, 1.54) is 18.3 Å². The van der Waals surface area contributed by atoms with Crippen LogP contribution in [0.4, 0.5) is 0 Å². The molecule has 3 rings (SSSR count). The molecule has 0 unspecified atom stereocenters. The Morgan fingerprint density at radius 2 is 2.06 bits per heavy atom. The van der Waals surface area contributed by atoms with Crippen LogP contribution in [0.15, 0.2) is 24.3 Å². The molecule has 90 valence electrons. The highest BCUT2D eigenvalue weighted by atomic mass is 32.1. The van der Waals surface area contributed by atoms with Gasteiger partial charge >= 0.3 is 0 Å². The largest absolute Gasteiger partial charge is 0.337 e. The normalized spacial score (nSPS) is 11.0. The number of ketones is 1. The Morgan fingerprint density at radius 1 is 1.28 bits per heavy atom. The monoisotopic (exact) mass is 257 g/mol. The van der Waals surface area contributed by atoms with Crippen molar-refractivity contribution in [3.8, 4) is 10.7 Å². The molecule has 0 saturated carbocycles. The van der Waals surface area contributed by atoms with E-state index in [1.807, 2.05) is 31.2 Å². The van der Waals surface area contributed by atoms with Crippen LogP contribution in [-0.2, 0) is 0 Å². The molecule has 0 fully saturated rings. The summed E-state index contributed by atoms with van der Waals surface area (Å²) in [7, 11) is 0. The second kappa shape index (κ2) is 4.03. The minimum atomic E-state index is -0.00883. The van der Waals surface area contributed by atoms with E-state index in [1.54, 1.807) is 0 Å². The van der Waals surface area contributed by atoms with E-state index in [2.05, 4.69) is 15.0 Å². The number of benzene rings is 1. The lowest BCUT2D eigenvalue weighted by Gasteiger charge is -1.90. The summed E-state index contributed by atoms with van der Waals surface area (Å²) in [4.78, 5) is 24.3. The molecule has 18 heavy (non-hydrogen) atoms. The number of Topliss-reactive ketones (excluding diaryl/α,β-unsaturated/α-hetero) is 1. The predicted molar refractivity (Wildman–Crippen MR) is 71.9 cm³/mol. The van der Waals surface area contributed by atoms with Crippen LogP contribution in [0.2, 0.25) is 0 Å². The topological polar surface area (TPSA) is 58.6 Å². The van der Waals surface area contributed by atoms with Crippen molar-refractivity contribution >= 4 is 28.2 Å². The summed E-state index contributed by atoms with van der Waals surface area (Å²) in [5.74, 6) is 0.768. The number of fused-ring (bicyclic) bond motifs is 1. The maximum Gasteiger partial charge on any atom is 0.188 e. The number of nitrogens with one attached hydrogen (secondary N) is 1. The average molecular weight is 257 g/mol. The number of aromatic nitrogens is 3. The maximum atomic E-state index is 11.3. The number of H-pyrrole nitrogens is 1. The van der Waals surface area contributed by atoms with Crippen molar-refractivity contribution in [3.63, 3.8) is 0 Å². The Bertz CT molecular complexity index is 709. The minimum Gasteiger partial charge on any atom is -0.337 e. The van der Waals surface area contributed by atoms with E-state index in [0.29, 0.717) is 5.01 Å². The van der Waals surface area contributed by atoms with Crippen molar-refractivity contribution in [2.24, 2.45) is 0 Å². The van der Waals surface area contributed by atoms with Gasteiger partial charge in [0, 0.05) is 6.92 Å². The maximum absolute atomic E-state index is 11.3. The fourth-order valence-corrected chi connectivity index (χ4v) is 2.73. The molecule has 0 amide bonds. The van der Waals surface area contributed by atoms with Gasteiger partial charge in [-0.05, 0) is 19.1 Å². The van der Waals surface area contributed by atoms with Gasteiger partial charge in [-0.25, -0.2) is 9.97 Å². The lowest BCUT2D eigenvalue weighted by Crippen LogP contribution is -1.89. The van der Waals surface area contributed by atoms with Crippen LogP contribution in [0, 0.1) is 6.92 Å². The van der Waals surface area contributed by atoms with Crippen molar-refractivity contribution in [3.05, 3.63) is 35.0 Å². The van der Waals surface area contributed by atoms with Crippen molar-refractivity contribution in [2.75, 3.05) is 0 Å². The van der Waals surface area contributed by atoms with Gasteiger partial charge in [-0.3, -0.25) is 4.79 Å². The van der Waals surface area contributed by atoms with Crippen molar-refractivity contribution in [1.82, 2.24) is 15.0 Å². The SMILES string of the molecule is CC(=O)c1nc(C)c(-c2nc3ccccc3[nH]2)s1. The van der Waals surface area contributed by atoms with Gasteiger partial charge in [-0.15, -0.1) is 11.3 Å². The highest BCUT2D eigenvalue weighted by Gasteiger charge is 2.15. The summed E-state index contributed by atoms with van der Waals surface area (Å²) < 4.78 is 0. The Morgan fingerprint density at radius 3 is 2.72 bits per heavy atom. The number of thiazole rings is 1. The molecule has 0 saturated heterocycles. The number of aryl methyl sites for hydroxylation is 1. The van der Waals surface area contributed by atoms with Gasteiger partial charge in [-0.1, -0.05) is 12.1 Å². The van der Waals surface area contributed by atoms with Crippen molar-refractivity contribution < 1.29 is 4.79 Å². The number of para-hydroxylation sites is 2. The third-order valence-electron chi connectivity index (χ3n) is 2.70. The summed E-state index contributed by atoms with van der Waals surface area (Å²) in [6.45, 7) is 3.42. The fourth-order valence-electron chi connectivity index (χ4n) is 1.83. The van der Waals surface area contributed by atoms with Crippen molar-refractivity contribution in [2.45, 2.75) is 13.8 Å². The highest BCUT2D eigenvalue weighted by molar-refractivity contribution is 7.17. The zero-order chi connectivity index (χ0) is 12.7. The first-order chi connectivity index (χ1) is 8.65. The Labute approximate surface area is 108 Å². The molecule has 1 aromatic carbocycles. The average Bonchev–Trinajstić information content (AvgIpc) is 2.91. The number of imidazole rings is 1. The Kier molecular flexibility index (Phi) is 2.48. The second-order valence-corrected chi connectivity index (χ2v) is 5.09. The molecule has 4 nitrogen and oxygen atoms in total. The van der Waals surface area contributed by atoms with Gasteiger partial charge < -0.3 is 4.98 Å². The summed E-state index contributed by atoms with van der Waals surface area (Å²) >= 11 is 1.38. The molecule has 0 bridgehead atoms. The van der Waals surface area contributed by atoms with Crippen molar-refractivity contribution in [1.29, 1.82) is 0 Å². The first kappa shape index (κ1) is 11.1. The van der Waals surface area contributed by atoms with E-state index < -0.39 is 0 Å². The van der Waals surface area contributed by atoms with Crippen LogP contribution in [0.5, 0.6) is 0 Å². The lowest BCUT2D eigenvalue weighted by atomic mass is 10.3. The number of carbonyl (C=O) groups is 1. The first-order valence-electron chi connectivity index (χ1n) is 5.58. The van der Waals surface area contributed by atoms with E-state index in [9.17, 15) is 4.79 Å². The van der Waals surface area contributed by atoms with Gasteiger partial charge in [0.1, 0.15) is 0 Å².